The number of rotatable bonds is 2. The second-order valence-electron chi connectivity index (χ2n) is 6.14. The van der Waals surface area contributed by atoms with Gasteiger partial charge in [-0.3, -0.25) is 0 Å². The Kier molecular flexibility index (Phi) is 2.67. The zero-order valence-electron chi connectivity index (χ0n) is 9.95. The molecule has 2 bridgehead atoms. The van der Waals surface area contributed by atoms with E-state index >= 15 is 0 Å². The van der Waals surface area contributed by atoms with Crippen LogP contribution in [-0.4, -0.2) is 0 Å². The van der Waals surface area contributed by atoms with E-state index in [1.54, 1.807) is 0 Å². The van der Waals surface area contributed by atoms with Gasteiger partial charge < -0.3 is 0 Å². The Labute approximate surface area is 123 Å². The summed E-state index contributed by atoms with van der Waals surface area (Å²) in [7, 11) is 0. The molecule has 1 aromatic rings. The molecule has 3 aliphatic rings. The Hall–Kier alpha value is 0.0900. The molecule has 0 aliphatic heterocycles. The van der Waals surface area contributed by atoms with Crippen molar-refractivity contribution in [2.75, 3.05) is 0 Å². The minimum absolute atomic E-state index is 0.123. The van der Waals surface area contributed by atoms with Gasteiger partial charge in [-0.15, -0.1) is 11.6 Å². The van der Waals surface area contributed by atoms with Gasteiger partial charge in [0.15, 0.2) is 0 Å². The highest BCUT2D eigenvalue weighted by molar-refractivity contribution is 6.42. The average molecular weight is 302 g/mol. The maximum atomic E-state index is 6.69. The van der Waals surface area contributed by atoms with Crippen LogP contribution >= 0.6 is 34.8 Å². The largest absolute Gasteiger partial charge is 0.117 e. The monoisotopic (exact) mass is 300 g/mol. The van der Waals surface area contributed by atoms with Crippen molar-refractivity contribution in [3.63, 3.8) is 0 Å². The molecule has 3 saturated carbocycles. The highest BCUT2D eigenvalue weighted by Crippen LogP contribution is 2.73. The minimum Gasteiger partial charge on any atom is -0.117 e. The molecule has 0 heterocycles. The van der Waals surface area contributed by atoms with Crippen molar-refractivity contribution < 1.29 is 0 Å². The molecule has 0 saturated heterocycles. The van der Waals surface area contributed by atoms with E-state index in [-0.39, 0.29) is 5.38 Å². The number of halogens is 3. The lowest BCUT2D eigenvalue weighted by Crippen LogP contribution is -2.04. The van der Waals surface area contributed by atoms with Crippen LogP contribution in [0.15, 0.2) is 18.2 Å². The van der Waals surface area contributed by atoms with Gasteiger partial charge in [0.2, 0.25) is 0 Å². The summed E-state index contributed by atoms with van der Waals surface area (Å²) in [5, 5.41) is 1.35. The molecule has 5 atom stereocenters. The van der Waals surface area contributed by atoms with Crippen LogP contribution in [0, 0.1) is 29.6 Å². The Morgan fingerprint density at radius 1 is 1.00 bits per heavy atom. The first-order valence-electron chi connectivity index (χ1n) is 6.76. The summed E-state index contributed by atoms with van der Waals surface area (Å²) in [6.07, 6.45) is 4.34. The Bertz CT molecular complexity index is 483. The number of fused-ring (bicyclic) bond motifs is 5. The molecule has 1 aromatic carbocycles. The second kappa shape index (κ2) is 4.04. The fourth-order valence-corrected chi connectivity index (χ4v) is 5.47. The molecule has 0 amide bonds. The van der Waals surface area contributed by atoms with Gasteiger partial charge in [-0.2, -0.15) is 0 Å². The van der Waals surface area contributed by atoms with Crippen LogP contribution in [0.5, 0.6) is 0 Å². The van der Waals surface area contributed by atoms with E-state index in [1.807, 2.05) is 18.2 Å². The van der Waals surface area contributed by atoms with Gasteiger partial charge in [0.05, 0.1) is 15.4 Å². The Balaban J connectivity index is 1.58. The van der Waals surface area contributed by atoms with Gasteiger partial charge in [-0.25, -0.2) is 0 Å². The van der Waals surface area contributed by atoms with Crippen LogP contribution in [-0.2, 0) is 0 Å². The molecule has 3 aliphatic carbocycles. The molecular weight excluding hydrogens is 287 g/mol. The highest BCUT2D eigenvalue weighted by Gasteiger charge is 2.66. The summed E-state index contributed by atoms with van der Waals surface area (Å²) < 4.78 is 0. The quantitative estimate of drug-likeness (QED) is 0.627. The van der Waals surface area contributed by atoms with Gasteiger partial charge >= 0.3 is 0 Å². The number of hydrogen-bond donors (Lipinski definition) is 0. The second-order valence-corrected chi connectivity index (χ2v) is 7.43. The molecule has 0 spiro atoms. The predicted octanol–water partition coefficient (Wildman–Crippen LogP) is 5.57. The molecule has 0 aromatic heterocycles. The van der Waals surface area contributed by atoms with Crippen molar-refractivity contribution in [3.05, 3.63) is 33.8 Å². The van der Waals surface area contributed by atoms with Crippen molar-refractivity contribution in [3.8, 4) is 0 Å². The van der Waals surface area contributed by atoms with Crippen LogP contribution in [0.2, 0.25) is 10.0 Å². The SMILES string of the molecule is Clc1ccc(C(Cl)C2C3C4CCC(C4)C32)cc1Cl. The molecule has 0 nitrogen and oxygen atoms in total. The van der Waals surface area contributed by atoms with E-state index in [2.05, 4.69) is 0 Å². The smallest absolute Gasteiger partial charge is 0.0619 e. The van der Waals surface area contributed by atoms with E-state index in [9.17, 15) is 0 Å². The predicted molar refractivity (Wildman–Crippen MR) is 76.4 cm³/mol. The molecule has 0 radical (unpaired) electrons. The van der Waals surface area contributed by atoms with E-state index in [4.69, 9.17) is 34.8 Å². The topological polar surface area (TPSA) is 0 Å². The molecular formula is C15H15Cl3. The zero-order valence-corrected chi connectivity index (χ0v) is 12.2. The average Bonchev–Trinajstić information content (AvgIpc) is 2.80. The molecule has 0 N–H and O–H groups in total. The lowest BCUT2D eigenvalue weighted by atomic mass is 9.97. The molecule has 3 heteroatoms. The molecule has 3 fully saturated rings. The molecule has 96 valence electrons. The molecule has 4 rings (SSSR count). The van der Waals surface area contributed by atoms with Crippen LogP contribution in [0.1, 0.15) is 30.2 Å². The molecule has 18 heavy (non-hydrogen) atoms. The van der Waals surface area contributed by atoms with Crippen molar-refractivity contribution in [1.82, 2.24) is 0 Å². The van der Waals surface area contributed by atoms with Crippen molar-refractivity contribution in [2.24, 2.45) is 29.6 Å². The van der Waals surface area contributed by atoms with Crippen LogP contribution in [0.3, 0.4) is 0 Å². The van der Waals surface area contributed by atoms with Gasteiger partial charge in [0.25, 0.3) is 0 Å². The van der Waals surface area contributed by atoms with E-state index < -0.39 is 0 Å². The first kappa shape index (κ1) is 11.9. The Morgan fingerprint density at radius 3 is 2.28 bits per heavy atom. The summed E-state index contributed by atoms with van der Waals surface area (Å²) in [6.45, 7) is 0. The summed E-state index contributed by atoms with van der Waals surface area (Å²) in [6, 6.07) is 5.83. The summed E-state index contributed by atoms with van der Waals surface area (Å²) in [5.74, 6) is 4.43. The van der Waals surface area contributed by atoms with Gasteiger partial charge in [0, 0.05) is 0 Å². The van der Waals surface area contributed by atoms with Crippen LogP contribution in [0.25, 0.3) is 0 Å². The van der Waals surface area contributed by atoms with Gasteiger partial charge in [-0.1, -0.05) is 29.3 Å². The van der Waals surface area contributed by atoms with Gasteiger partial charge in [-0.05, 0) is 66.5 Å². The summed E-state index contributed by atoms with van der Waals surface area (Å²) in [5.41, 5.74) is 1.14. The number of alkyl halides is 1. The van der Waals surface area contributed by atoms with Gasteiger partial charge in [0.1, 0.15) is 0 Å². The fourth-order valence-electron chi connectivity index (χ4n) is 4.69. The van der Waals surface area contributed by atoms with E-state index in [0.29, 0.717) is 16.0 Å². The third-order valence-corrected chi connectivity index (χ3v) is 6.68. The van der Waals surface area contributed by atoms with Crippen molar-refractivity contribution >= 4 is 34.8 Å². The maximum absolute atomic E-state index is 6.69. The molecule has 5 unspecified atom stereocenters. The third-order valence-electron chi connectivity index (χ3n) is 5.39. The number of benzene rings is 1. The summed E-state index contributed by atoms with van der Waals surface area (Å²) in [4.78, 5) is 0. The van der Waals surface area contributed by atoms with E-state index in [1.165, 1.54) is 19.3 Å². The zero-order chi connectivity index (χ0) is 12.4. The Morgan fingerprint density at radius 2 is 1.67 bits per heavy atom. The van der Waals surface area contributed by atoms with Crippen molar-refractivity contribution in [2.45, 2.75) is 24.6 Å². The van der Waals surface area contributed by atoms with Crippen LogP contribution < -0.4 is 0 Å². The van der Waals surface area contributed by atoms with Crippen molar-refractivity contribution in [1.29, 1.82) is 0 Å². The fraction of sp³-hybridized carbons (Fsp3) is 0.600. The lowest BCUT2D eigenvalue weighted by molar-refractivity contribution is 0.455. The normalized spacial score (nSPS) is 41.8. The highest BCUT2D eigenvalue weighted by atomic mass is 35.5. The first-order valence-corrected chi connectivity index (χ1v) is 7.95. The minimum atomic E-state index is 0.123. The lowest BCUT2D eigenvalue weighted by Gasteiger charge is -2.15. The standard InChI is InChI=1S/C15H15Cl3/c16-10-4-3-9(6-11(10)17)15(18)14-12-7-1-2-8(5-7)13(12)14/h3-4,6-8,12-15H,1-2,5H2. The maximum Gasteiger partial charge on any atom is 0.0619 e. The van der Waals surface area contributed by atoms with E-state index in [0.717, 1.165) is 29.2 Å². The third kappa shape index (κ3) is 1.58. The number of hydrogen-bond acceptors (Lipinski definition) is 0. The van der Waals surface area contributed by atoms with Crippen LogP contribution in [0.4, 0.5) is 0 Å². The summed E-state index contributed by atoms with van der Waals surface area (Å²) >= 11 is 18.7. The first-order chi connectivity index (χ1) is 8.66.